The van der Waals surface area contributed by atoms with E-state index in [9.17, 15) is 29.2 Å². The molecule has 0 radical (unpaired) electrons. The highest BCUT2D eigenvalue weighted by Crippen LogP contribution is 2.31. The third-order valence-corrected chi connectivity index (χ3v) is 5.31. The highest BCUT2D eigenvalue weighted by Gasteiger charge is 2.35. The Bertz CT molecular complexity index is 1340. The second kappa shape index (κ2) is 11.2. The number of ether oxygens (including phenoxy) is 1. The van der Waals surface area contributed by atoms with Crippen molar-refractivity contribution in [3.05, 3.63) is 69.4 Å². The van der Waals surface area contributed by atoms with Crippen molar-refractivity contribution in [3.63, 3.8) is 0 Å². The molecule has 0 aliphatic heterocycles. The molecule has 1 aromatic carbocycles. The molecule has 0 fully saturated rings. The fraction of sp³-hybridized carbons (Fsp3) is 0.375. The number of nitro groups is 1. The van der Waals surface area contributed by atoms with Gasteiger partial charge in [-0.2, -0.15) is 15.1 Å². The number of hydrogen-bond acceptors (Lipinski definition) is 10. The van der Waals surface area contributed by atoms with Crippen LogP contribution >= 0.6 is 0 Å². The molecule has 3 aromatic rings. The van der Waals surface area contributed by atoms with Gasteiger partial charge in [0, 0.05) is 25.4 Å². The summed E-state index contributed by atoms with van der Waals surface area (Å²) in [6, 6.07) is 4.96. The number of carbonyl (C=O) groups excluding carboxylic acids is 1. The van der Waals surface area contributed by atoms with E-state index in [1.54, 1.807) is 50.0 Å². The van der Waals surface area contributed by atoms with E-state index in [-0.39, 0.29) is 24.1 Å². The van der Waals surface area contributed by atoms with Gasteiger partial charge in [-0.05, 0) is 45.4 Å². The van der Waals surface area contributed by atoms with E-state index < -0.39 is 39.9 Å². The molecule has 0 bridgehead atoms. The number of esters is 1. The number of likely N-dealkylation sites (N-methyl/N-ethyl adjacent to an activating group) is 1. The van der Waals surface area contributed by atoms with Crippen LogP contribution < -0.4 is 10.2 Å². The second-order valence-corrected chi connectivity index (χ2v) is 9.48. The lowest BCUT2D eigenvalue weighted by atomic mass is 10.2. The molecule has 38 heavy (non-hydrogen) atoms. The molecule has 1 atom stereocenters. The second-order valence-electron chi connectivity index (χ2n) is 9.48. The number of aromatic carboxylic acids is 1. The van der Waals surface area contributed by atoms with Crippen molar-refractivity contribution in [1.29, 1.82) is 0 Å². The number of benzene rings is 1. The zero-order chi connectivity index (χ0) is 28.2. The highest BCUT2D eigenvalue weighted by molar-refractivity contribution is 5.94. The molecule has 0 saturated heterocycles. The van der Waals surface area contributed by atoms with Crippen LogP contribution in [0.25, 0.3) is 0 Å². The quantitative estimate of drug-likeness (QED) is 0.225. The number of carbonyl (C=O) groups is 2. The molecule has 3 rings (SSSR count). The molecule has 13 nitrogen and oxygen atoms in total. The minimum absolute atomic E-state index is 0.116. The fourth-order valence-corrected chi connectivity index (χ4v) is 3.36. The number of nitrogens with zero attached hydrogens (tertiary/aromatic N) is 6. The van der Waals surface area contributed by atoms with Crippen molar-refractivity contribution >= 4 is 29.4 Å². The van der Waals surface area contributed by atoms with Crippen LogP contribution in [0.4, 0.5) is 21.8 Å². The average molecular weight is 530 g/mol. The molecule has 0 aliphatic carbocycles. The van der Waals surface area contributed by atoms with Crippen molar-refractivity contribution in [1.82, 2.24) is 19.7 Å². The molecule has 0 aliphatic rings. The maximum absolute atomic E-state index is 13.1. The van der Waals surface area contributed by atoms with Crippen molar-refractivity contribution in [3.8, 4) is 0 Å². The lowest BCUT2D eigenvalue weighted by molar-refractivity contribution is -0.384. The maximum atomic E-state index is 13.1. The molecule has 2 N–H and O–H groups in total. The molecule has 202 valence electrons. The number of carboxylic acids is 1. The van der Waals surface area contributed by atoms with Gasteiger partial charge in [-0.15, -0.1) is 0 Å². The fourth-order valence-electron chi connectivity index (χ4n) is 3.36. The lowest BCUT2D eigenvalue weighted by Gasteiger charge is -2.28. The van der Waals surface area contributed by atoms with E-state index in [0.717, 1.165) is 5.56 Å². The average Bonchev–Trinajstić information content (AvgIpc) is 3.28. The monoisotopic (exact) mass is 529 g/mol. The van der Waals surface area contributed by atoms with Crippen LogP contribution in [-0.2, 0) is 22.6 Å². The van der Waals surface area contributed by atoms with Gasteiger partial charge in [0.25, 0.3) is 0 Å². The predicted molar refractivity (Wildman–Crippen MR) is 134 cm³/mol. The van der Waals surface area contributed by atoms with Gasteiger partial charge < -0.3 is 20.1 Å². The summed E-state index contributed by atoms with van der Waals surface area (Å²) in [5, 5.41) is 28.5. The summed E-state index contributed by atoms with van der Waals surface area (Å²) in [5.41, 5.74) is -0.969. The Morgan fingerprint density at radius 2 is 1.89 bits per heavy atom. The summed E-state index contributed by atoms with van der Waals surface area (Å²) in [6.45, 7) is 7.01. The summed E-state index contributed by atoms with van der Waals surface area (Å²) in [6.07, 6.45) is 3.29. The molecule has 1 unspecified atom stereocenters. The largest absolute Gasteiger partial charge is 0.476 e. The number of nitrogens with one attached hydrogen (secondary N) is 1. The molecule has 2 heterocycles. The van der Waals surface area contributed by atoms with Crippen LogP contribution in [0, 0.1) is 15.9 Å². The van der Waals surface area contributed by atoms with Crippen LogP contribution in [0.1, 0.15) is 49.3 Å². The maximum Gasteiger partial charge on any atom is 0.362 e. The van der Waals surface area contributed by atoms with Crippen molar-refractivity contribution in [2.75, 3.05) is 17.3 Å². The first kappa shape index (κ1) is 28.0. The van der Waals surface area contributed by atoms with Crippen LogP contribution in [0.3, 0.4) is 0 Å². The third kappa shape index (κ3) is 6.99. The highest BCUT2D eigenvalue weighted by atomic mass is 19.1. The van der Waals surface area contributed by atoms with E-state index in [1.165, 1.54) is 31.0 Å². The van der Waals surface area contributed by atoms with E-state index in [4.69, 9.17) is 4.74 Å². The number of anilines is 2. The van der Waals surface area contributed by atoms with Gasteiger partial charge in [-0.25, -0.2) is 14.0 Å². The summed E-state index contributed by atoms with van der Waals surface area (Å²) in [7, 11) is 1.37. The summed E-state index contributed by atoms with van der Waals surface area (Å²) < 4.78 is 20.1. The molecule has 0 spiro atoms. The molecule has 0 saturated carbocycles. The van der Waals surface area contributed by atoms with E-state index in [1.807, 2.05) is 0 Å². The van der Waals surface area contributed by atoms with E-state index >= 15 is 0 Å². The number of rotatable bonds is 10. The first-order valence-electron chi connectivity index (χ1n) is 11.5. The first-order chi connectivity index (χ1) is 17.7. The lowest BCUT2D eigenvalue weighted by Crippen LogP contribution is -2.41. The van der Waals surface area contributed by atoms with E-state index in [2.05, 4.69) is 20.4 Å². The molecule has 14 heteroatoms. The van der Waals surface area contributed by atoms with Gasteiger partial charge in [0.05, 0.1) is 17.7 Å². The summed E-state index contributed by atoms with van der Waals surface area (Å²) in [4.78, 5) is 44.5. The Morgan fingerprint density at radius 3 is 2.47 bits per heavy atom. The number of hydrogen-bond donors (Lipinski definition) is 2. The Labute approximate surface area is 217 Å². The van der Waals surface area contributed by atoms with Gasteiger partial charge in [-0.1, -0.05) is 12.1 Å². The Kier molecular flexibility index (Phi) is 8.23. The Hall–Kier alpha value is -4.62. The van der Waals surface area contributed by atoms with E-state index in [0.29, 0.717) is 12.1 Å². The smallest absolute Gasteiger partial charge is 0.362 e. The van der Waals surface area contributed by atoms with Gasteiger partial charge in [0.1, 0.15) is 17.5 Å². The Balaban J connectivity index is 1.86. The van der Waals surface area contributed by atoms with Crippen LogP contribution in [0.5, 0.6) is 0 Å². The van der Waals surface area contributed by atoms with Crippen molar-refractivity contribution in [2.24, 2.45) is 0 Å². The van der Waals surface area contributed by atoms with Crippen molar-refractivity contribution in [2.45, 2.75) is 52.4 Å². The molecule has 2 aromatic heterocycles. The zero-order valence-corrected chi connectivity index (χ0v) is 21.5. The van der Waals surface area contributed by atoms with Crippen LogP contribution in [-0.4, -0.2) is 60.4 Å². The number of aromatic nitrogens is 4. The molecular weight excluding hydrogens is 501 g/mol. The zero-order valence-electron chi connectivity index (χ0n) is 21.5. The van der Waals surface area contributed by atoms with Gasteiger partial charge in [-0.3, -0.25) is 14.8 Å². The molecule has 0 amide bonds. The minimum Gasteiger partial charge on any atom is -0.476 e. The topological polar surface area (TPSA) is 166 Å². The predicted octanol–water partition coefficient (Wildman–Crippen LogP) is 3.25. The van der Waals surface area contributed by atoms with Crippen molar-refractivity contribution < 1.29 is 28.7 Å². The van der Waals surface area contributed by atoms with Gasteiger partial charge in [0.15, 0.2) is 0 Å². The number of halogens is 1. The molecular formula is C24H28FN7O6. The Morgan fingerprint density at radius 1 is 1.24 bits per heavy atom. The SMILES string of the molecule is CC(C(=O)OC(C)(C)C)N(C)c1nc(NCc2cnn(Cc3ccc(F)cc3)c2)nc(C(=O)O)c1[N+](=O)[O-]. The summed E-state index contributed by atoms with van der Waals surface area (Å²) >= 11 is 0. The first-order valence-corrected chi connectivity index (χ1v) is 11.5. The van der Waals surface area contributed by atoms with Crippen LogP contribution in [0.2, 0.25) is 0 Å². The normalized spacial score (nSPS) is 12.1. The van der Waals surface area contributed by atoms with Gasteiger partial charge >= 0.3 is 17.6 Å². The standard InChI is InChI=1S/C24H28FN7O6/c1-14(22(35)38-24(2,3)4)30(5)20-19(32(36)37)18(21(33)34)28-23(29-20)26-10-16-11-27-31(13-16)12-15-6-8-17(25)9-7-15/h6-9,11,13-14H,10,12H2,1-5H3,(H,33,34)(H,26,28,29). The number of carboxylic acid groups (broad SMARTS) is 1. The third-order valence-electron chi connectivity index (χ3n) is 5.31. The van der Waals surface area contributed by atoms with Gasteiger partial charge in [0.2, 0.25) is 17.5 Å². The minimum atomic E-state index is -1.63. The van der Waals surface area contributed by atoms with Crippen LogP contribution in [0.15, 0.2) is 36.7 Å². The summed E-state index contributed by atoms with van der Waals surface area (Å²) in [5.74, 6) is -3.21.